The number of ether oxygens (including phenoxy) is 1. The number of carbonyl (C=O) groups excluding carboxylic acids is 2. The second kappa shape index (κ2) is 8.36. The van der Waals surface area contributed by atoms with E-state index in [1.54, 1.807) is 60.9 Å². The fourth-order valence-corrected chi connectivity index (χ4v) is 2.53. The molecule has 0 atom stereocenters. The van der Waals surface area contributed by atoms with Crippen molar-refractivity contribution in [1.82, 2.24) is 0 Å². The first kappa shape index (κ1) is 17.8. The Bertz CT molecular complexity index is 888. The molecule has 0 spiro atoms. The van der Waals surface area contributed by atoms with Crippen molar-refractivity contribution in [2.45, 2.75) is 12.8 Å². The summed E-state index contributed by atoms with van der Waals surface area (Å²) < 4.78 is 10.4. The highest BCUT2D eigenvalue weighted by atomic mass is 35.5. The lowest BCUT2D eigenvalue weighted by Gasteiger charge is -2.08. The van der Waals surface area contributed by atoms with Gasteiger partial charge >= 0.3 is 5.97 Å². The van der Waals surface area contributed by atoms with Crippen LogP contribution in [0.3, 0.4) is 0 Å². The molecule has 0 saturated heterocycles. The van der Waals surface area contributed by atoms with E-state index in [9.17, 15) is 9.59 Å². The number of anilines is 1. The smallest absolute Gasteiger partial charge is 0.311 e. The van der Waals surface area contributed by atoms with Crippen LogP contribution in [0, 0.1) is 0 Å². The van der Waals surface area contributed by atoms with Crippen molar-refractivity contribution >= 4 is 29.2 Å². The van der Waals surface area contributed by atoms with Gasteiger partial charge in [-0.2, -0.15) is 0 Å². The summed E-state index contributed by atoms with van der Waals surface area (Å²) in [6.07, 6.45) is 2.27. The molecular formula is C20H16ClNO4. The molecule has 0 bridgehead atoms. The maximum atomic E-state index is 12.2. The van der Waals surface area contributed by atoms with Crippen molar-refractivity contribution in [3.05, 3.63) is 83.3 Å². The molecule has 0 aliphatic rings. The minimum Gasteiger partial charge on any atom is -0.469 e. The SMILES string of the molecule is O=C(CCc1ccco1)Oc1ccc(NC(=O)c2ccccc2Cl)cc1. The van der Waals surface area contributed by atoms with Gasteiger partial charge in [-0.15, -0.1) is 0 Å². The van der Waals surface area contributed by atoms with Crippen LogP contribution in [0.4, 0.5) is 5.69 Å². The molecule has 1 N–H and O–H groups in total. The molecular weight excluding hydrogens is 354 g/mol. The van der Waals surface area contributed by atoms with Crippen molar-refractivity contribution in [1.29, 1.82) is 0 Å². The Balaban J connectivity index is 1.54. The number of amides is 1. The molecule has 0 radical (unpaired) electrons. The second-order valence-corrected chi connectivity index (χ2v) is 5.92. The first-order chi connectivity index (χ1) is 12.6. The lowest BCUT2D eigenvalue weighted by molar-refractivity contribution is -0.134. The highest BCUT2D eigenvalue weighted by Gasteiger charge is 2.10. The average molecular weight is 370 g/mol. The van der Waals surface area contributed by atoms with Gasteiger partial charge in [0.25, 0.3) is 5.91 Å². The van der Waals surface area contributed by atoms with Crippen molar-refractivity contribution < 1.29 is 18.7 Å². The standard InChI is InChI=1S/C20H16ClNO4/c21-18-6-2-1-5-17(18)20(24)22-14-7-9-16(10-8-14)26-19(23)12-11-15-4-3-13-25-15/h1-10,13H,11-12H2,(H,22,24). The summed E-state index contributed by atoms with van der Waals surface area (Å²) in [6.45, 7) is 0. The van der Waals surface area contributed by atoms with Gasteiger partial charge in [0, 0.05) is 12.1 Å². The minimum atomic E-state index is -0.353. The number of halogens is 1. The van der Waals surface area contributed by atoms with Gasteiger partial charge in [0.1, 0.15) is 11.5 Å². The molecule has 26 heavy (non-hydrogen) atoms. The maximum absolute atomic E-state index is 12.2. The average Bonchev–Trinajstić information content (AvgIpc) is 3.15. The zero-order chi connectivity index (χ0) is 18.4. The monoisotopic (exact) mass is 369 g/mol. The predicted octanol–water partition coefficient (Wildman–Crippen LogP) is 4.72. The van der Waals surface area contributed by atoms with E-state index in [-0.39, 0.29) is 18.3 Å². The Morgan fingerprint density at radius 2 is 1.77 bits per heavy atom. The molecule has 3 rings (SSSR count). The highest BCUT2D eigenvalue weighted by Crippen LogP contribution is 2.20. The van der Waals surface area contributed by atoms with E-state index in [4.69, 9.17) is 20.8 Å². The summed E-state index contributed by atoms with van der Waals surface area (Å²) >= 11 is 6.01. The van der Waals surface area contributed by atoms with E-state index < -0.39 is 0 Å². The Kier molecular flexibility index (Phi) is 5.71. The molecule has 132 valence electrons. The first-order valence-electron chi connectivity index (χ1n) is 8.01. The normalized spacial score (nSPS) is 10.3. The lowest BCUT2D eigenvalue weighted by atomic mass is 10.2. The molecule has 1 amide bonds. The van der Waals surface area contributed by atoms with Gasteiger partial charge in [0.05, 0.1) is 23.3 Å². The second-order valence-electron chi connectivity index (χ2n) is 5.51. The molecule has 3 aromatic rings. The van der Waals surface area contributed by atoms with Crippen molar-refractivity contribution in [2.24, 2.45) is 0 Å². The molecule has 5 nitrogen and oxygen atoms in total. The van der Waals surface area contributed by atoms with Gasteiger partial charge in [-0.05, 0) is 48.5 Å². The Hall–Kier alpha value is -3.05. The third kappa shape index (κ3) is 4.74. The van der Waals surface area contributed by atoms with E-state index in [2.05, 4.69) is 5.32 Å². The molecule has 2 aromatic carbocycles. The highest BCUT2D eigenvalue weighted by molar-refractivity contribution is 6.34. The number of furan rings is 1. The van der Waals surface area contributed by atoms with Crippen LogP contribution in [0.2, 0.25) is 5.02 Å². The third-order valence-electron chi connectivity index (χ3n) is 3.62. The zero-order valence-corrected chi connectivity index (χ0v) is 14.5. The van der Waals surface area contributed by atoms with Crippen molar-refractivity contribution in [2.75, 3.05) is 5.32 Å². The van der Waals surface area contributed by atoms with E-state index >= 15 is 0 Å². The van der Waals surface area contributed by atoms with Gasteiger partial charge in [0.2, 0.25) is 0 Å². The topological polar surface area (TPSA) is 68.5 Å². The molecule has 0 aliphatic heterocycles. The van der Waals surface area contributed by atoms with E-state index in [0.717, 1.165) is 5.76 Å². The van der Waals surface area contributed by atoms with Crippen LogP contribution >= 0.6 is 11.6 Å². The van der Waals surface area contributed by atoms with Crippen molar-refractivity contribution in [3.8, 4) is 5.75 Å². The van der Waals surface area contributed by atoms with Crippen LogP contribution in [-0.4, -0.2) is 11.9 Å². The summed E-state index contributed by atoms with van der Waals surface area (Å²) in [5.41, 5.74) is 0.966. The molecule has 0 unspecified atom stereocenters. The number of nitrogens with one attached hydrogen (secondary N) is 1. The van der Waals surface area contributed by atoms with Crippen LogP contribution in [0.25, 0.3) is 0 Å². The number of hydrogen-bond donors (Lipinski definition) is 1. The quantitative estimate of drug-likeness (QED) is 0.504. The summed E-state index contributed by atoms with van der Waals surface area (Å²) in [4.78, 5) is 24.1. The van der Waals surface area contributed by atoms with Gasteiger partial charge in [0.15, 0.2) is 0 Å². The van der Waals surface area contributed by atoms with Crippen LogP contribution in [-0.2, 0) is 11.2 Å². The zero-order valence-electron chi connectivity index (χ0n) is 13.8. The van der Waals surface area contributed by atoms with Gasteiger partial charge < -0.3 is 14.5 Å². The van der Waals surface area contributed by atoms with Crippen LogP contribution in [0.15, 0.2) is 71.3 Å². The lowest BCUT2D eigenvalue weighted by Crippen LogP contribution is -2.12. The summed E-state index contributed by atoms with van der Waals surface area (Å²) in [7, 11) is 0. The maximum Gasteiger partial charge on any atom is 0.311 e. The largest absolute Gasteiger partial charge is 0.469 e. The molecule has 6 heteroatoms. The molecule has 0 aliphatic carbocycles. The van der Waals surface area contributed by atoms with E-state index in [1.807, 2.05) is 6.07 Å². The number of carbonyl (C=O) groups is 2. The molecule has 0 fully saturated rings. The fourth-order valence-electron chi connectivity index (χ4n) is 2.31. The van der Waals surface area contributed by atoms with Crippen molar-refractivity contribution in [3.63, 3.8) is 0 Å². The van der Waals surface area contributed by atoms with E-state index in [1.165, 1.54) is 0 Å². The third-order valence-corrected chi connectivity index (χ3v) is 3.95. The summed E-state index contributed by atoms with van der Waals surface area (Å²) in [5, 5.41) is 3.13. The number of rotatable bonds is 6. The Labute approximate surface area is 155 Å². The van der Waals surface area contributed by atoms with Crippen LogP contribution in [0.1, 0.15) is 22.5 Å². The summed E-state index contributed by atoms with van der Waals surface area (Å²) in [6, 6.07) is 16.9. The Morgan fingerprint density at radius 1 is 1.00 bits per heavy atom. The molecule has 0 saturated carbocycles. The summed E-state index contributed by atoms with van der Waals surface area (Å²) in [5.74, 6) is 0.484. The first-order valence-corrected chi connectivity index (χ1v) is 8.38. The fraction of sp³-hybridized carbons (Fsp3) is 0.100. The van der Waals surface area contributed by atoms with Gasteiger partial charge in [-0.1, -0.05) is 23.7 Å². The number of aryl methyl sites for hydroxylation is 1. The molecule has 1 aromatic heterocycles. The van der Waals surface area contributed by atoms with E-state index in [0.29, 0.717) is 28.4 Å². The Morgan fingerprint density at radius 3 is 2.46 bits per heavy atom. The minimum absolute atomic E-state index is 0.221. The van der Waals surface area contributed by atoms with Crippen LogP contribution < -0.4 is 10.1 Å². The number of benzene rings is 2. The van der Waals surface area contributed by atoms with Gasteiger partial charge in [-0.25, -0.2) is 0 Å². The van der Waals surface area contributed by atoms with Crippen LogP contribution in [0.5, 0.6) is 5.75 Å². The number of hydrogen-bond acceptors (Lipinski definition) is 4. The number of esters is 1. The molecule has 1 heterocycles. The van der Waals surface area contributed by atoms with Gasteiger partial charge in [-0.3, -0.25) is 9.59 Å². The predicted molar refractivity (Wildman–Crippen MR) is 98.5 cm³/mol.